The van der Waals surface area contributed by atoms with Gasteiger partial charge in [-0.2, -0.15) is 0 Å². The second-order valence-electron chi connectivity index (χ2n) is 5.01. The summed E-state index contributed by atoms with van der Waals surface area (Å²) in [6.07, 6.45) is 4.29. The zero-order valence-corrected chi connectivity index (χ0v) is 10.3. The van der Waals surface area contributed by atoms with Crippen molar-refractivity contribution >= 4 is 0 Å². The Morgan fingerprint density at radius 3 is 2.50 bits per heavy atom. The molecule has 2 nitrogen and oxygen atoms in total. The van der Waals surface area contributed by atoms with Crippen LogP contribution in [0.5, 0.6) is 0 Å². The van der Waals surface area contributed by atoms with Gasteiger partial charge in [0.1, 0.15) is 0 Å². The van der Waals surface area contributed by atoms with Crippen LogP contribution >= 0.6 is 0 Å². The molecule has 2 heteroatoms. The van der Waals surface area contributed by atoms with Gasteiger partial charge in [0.25, 0.3) is 0 Å². The third kappa shape index (κ3) is 8.27. The average molecular weight is 198 g/mol. The first kappa shape index (κ1) is 13.7. The van der Waals surface area contributed by atoms with Crippen LogP contribution < -0.4 is 5.32 Å². The molecular formula is C12H26N2. The van der Waals surface area contributed by atoms with Crippen LogP contribution in [0.1, 0.15) is 26.7 Å². The third-order valence-electron chi connectivity index (χ3n) is 2.11. The van der Waals surface area contributed by atoms with Gasteiger partial charge in [-0.15, -0.1) is 6.58 Å². The summed E-state index contributed by atoms with van der Waals surface area (Å²) in [5.74, 6) is 0. The highest BCUT2D eigenvalue weighted by Crippen LogP contribution is 2.13. The summed E-state index contributed by atoms with van der Waals surface area (Å²) in [6.45, 7) is 11.6. The molecule has 14 heavy (non-hydrogen) atoms. The SMILES string of the molecule is C=CCCCNCC(C)(C)CN(C)C. The van der Waals surface area contributed by atoms with E-state index in [1.54, 1.807) is 0 Å². The van der Waals surface area contributed by atoms with Gasteiger partial charge in [0.05, 0.1) is 0 Å². The van der Waals surface area contributed by atoms with Crippen molar-refractivity contribution in [3.8, 4) is 0 Å². The second-order valence-corrected chi connectivity index (χ2v) is 5.01. The van der Waals surface area contributed by atoms with E-state index in [1.807, 2.05) is 6.08 Å². The molecule has 0 aromatic carbocycles. The molecule has 1 N–H and O–H groups in total. The van der Waals surface area contributed by atoms with Gasteiger partial charge in [0, 0.05) is 13.1 Å². The molecule has 0 unspecified atom stereocenters. The van der Waals surface area contributed by atoms with Crippen molar-refractivity contribution in [1.82, 2.24) is 10.2 Å². The van der Waals surface area contributed by atoms with Crippen LogP contribution in [0.25, 0.3) is 0 Å². The van der Waals surface area contributed by atoms with Crippen molar-refractivity contribution in [2.24, 2.45) is 5.41 Å². The smallest absolute Gasteiger partial charge is 0.00387 e. The van der Waals surface area contributed by atoms with E-state index >= 15 is 0 Å². The monoisotopic (exact) mass is 198 g/mol. The zero-order chi connectivity index (χ0) is 11.0. The maximum atomic E-state index is 3.71. The fourth-order valence-corrected chi connectivity index (χ4v) is 1.71. The van der Waals surface area contributed by atoms with E-state index in [1.165, 1.54) is 6.42 Å². The maximum Gasteiger partial charge on any atom is 0.00387 e. The molecule has 0 aliphatic carbocycles. The Bertz CT molecular complexity index is 150. The summed E-state index contributed by atoms with van der Waals surface area (Å²) in [6, 6.07) is 0. The predicted octanol–water partition coefficient (Wildman–Crippen LogP) is 2.13. The van der Waals surface area contributed by atoms with E-state index in [-0.39, 0.29) is 0 Å². The molecule has 0 amide bonds. The molecule has 0 rings (SSSR count). The first-order valence-electron chi connectivity index (χ1n) is 5.44. The van der Waals surface area contributed by atoms with Crippen molar-refractivity contribution in [3.05, 3.63) is 12.7 Å². The van der Waals surface area contributed by atoms with Gasteiger partial charge in [-0.05, 0) is 38.9 Å². The topological polar surface area (TPSA) is 15.3 Å². The quantitative estimate of drug-likeness (QED) is 0.475. The molecule has 0 aliphatic heterocycles. The molecule has 0 saturated carbocycles. The molecule has 0 radical (unpaired) electrons. The number of unbranched alkanes of at least 4 members (excludes halogenated alkanes) is 1. The predicted molar refractivity (Wildman–Crippen MR) is 64.6 cm³/mol. The molecule has 0 aliphatic rings. The van der Waals surface area contributed by atoms with Gasteiger partial charge in [0.15, 0.2) is 0 Å². The van der Waals surface area contributed by atoms with E-state index < -0.39 is 0 Å². The van der Waals surface area contributed by atoms with Crippen LogP contribution in [-0.2, 0) is 0 Å². The summed E-state index contributed by atoms with van der Waals surface area (Å²) >= 11 is 0. The van der Waals surface area contributed by atoms with E-state index in [2.05, 4.69) is 44.7 Å². The lowest BCUT2D eigenvalue weighted by atomic mass is 9.93. The van der Waals surface area contributed by atoms with E-state index in [0.717, 1.165) is 26.1 Å². The Morgan fingerprint density at radius 2 is 2.00 bits per heavy atom. The first-order valence-corrected chi connectivity index (χ1v) is 5.44. The Hall–Kier alpha value is -0.340. The third-order valence-corrected chi connectivity index (χ3v) is 2.11. The minimum atomic E-state index is 0.359. The highest BCUT2D eigenvalue weighted by molar-refractivity contribution is 4.74. The Balaban J connectivity index is 3.49. The van der Waals surface area contributed by atoms with Gasteiger partial charge in [0.2, 0.25) is 0 Å². The van der Waals surface area contributed by atoms with Crippen molar-refractivity contribution in [2.45, 2.75) is 26.7 Å². The van der Waals surface area contributed by atoms with E-state index in [9.17, 15) is 0 Å². The van der Waals surface area contributed by atoms with Gasteiger partial charge >= 0.3 is 0 Å². The van der Waals surface area contributed by atoms with Crippen molar-refractivity contribution in [2.75, 3.05) is 33.7 Å². The number of rotatable bonds is 8. The lowest BCUT2D eigenvalue weighted by Crippen LogP contribution is -2.37. The van der Waals surface area contributed by atoms with Gasteiger partial charge in [-0.25, -0.2) is 0 Å². The molecule has 0 heterocycles. The number of nitrogens with zero attached hydrogens (tertiary/aromatic N) is 1. The molecule has 0 bridgehead atoms. The summed E-state index contributed by atoms with van der Waals surface area (Å²) in [4.78, 5) is 2.24. The molecule has 0 aromatic heterocycles. The second kappa shape index (κ2) is 7.02. The molecular weight excluding hydrogens is 172 g/mol. The van der Waals surface area contributed by atoms with E-state index in [0.29, 0.717) is 5.41 Å². The molecule has 0 fully saturated rings. The van der Waals surface area contributed by atoms with Gasteiger partial charge in [-0.3, -0.25) is 0 Å². The lowest BCUT2D eigenvalue weighted by molar-refractivity contribution is 0.233. The molecule has 0 spiro atoms. The number of hydrogen-bond donors (Lipinski definition) is 1. The van der Waals surface area contributed by atoms with Gasteiger partial charge in [-0.1, -0.05) is 19.9 Å². The van der Waals surface area contributed by atoms with Crippen LogP contribution in [0.2, 0.25) is 0 Å². The maximum absolute atomic E-state index is 3.71. The minimum absolute atomic E-state index is 0.359. The standard InChI is InChI=1S/C12H26N2/c1-6-7-8-9-13-10-12(2,3)11-14(4)5/h6,13H,1,7-11H2,2-5H3. The Kier molecular flexibility index (Phi) is 6.85. The largest absolute Gasteiger partial charge is 0.316 e. The van der Waals surface area contributed by atoms with E-state index in [4.69, 9.17) is 0 Å². The summed E-state index contributed by atoms with van der Waals surface area (Å²) < 4.78 is 0. The number of nitrogens with one attached hydrogen (secondary N) is 1. The van der Waals surface area contributed by atoms with Crippen LogP contribution in [0.3, 0.4) is 0 Å². The Labute approximate surface area is 89.4 Å². The molecule has 0 saturated heterocycles. The Morgan fingerprint density at radius 1 is 1.36 bits per heavy atom. The summed E-state index contributed by atoms with van der Waals surface area (Å²) in [7, 11) is 4.25. The highest BCUT2D eigenvalue weighted by atomic mass is 15.1. The number of hydrogen-bond acceptors (Lipinski definition) is 2. The fourth-order valence-electron chi connectivity index (χ4n) is 1.71. The molecule has 0 atom stereocenters. The summed E-state index contributed by atoms with van der Waals surface area (Å²) in [5, 5.41) is 3.49. The summed E-state index contributed by atoms with van der Waals surface area (Å²) in [5.41, 5.74) is 0.359. The zero-order valence-electron chi connectivity index (χ0n) is 10.3. The number of allylic oxidation sites excluding steroid dienone is 1. The van der Waals surface area contributed by atoms with Crippen LogP contribution in [0.4, 0.5) is 0 Å². The van der Waals surface area contributed by atoms with Crippen molar-refractivity contribution in [1.29, 1.82) is 0 Å². The molecule has 0 aromatic rings. The lowest BCUT2D eigenvalue weighted by Gasteiger charge is -2.28. The average Bonchev–Trinajstić information content (AvgIpc) is 2.01. The van der Waals surface area contributed by atoms with Crippen LogP contribution in [0.15, 0.2) is 12.7 Å². The first-order chi connectivity index (χ1) is 6.48. The van der Waals surface area contributed by atoms with Gasteiger partial charge < -0.3 is 10.2 Å². The van der Waals surface area contributed by atoms with Crippen LogP contribution in [-0.4, -0.2) is 38.6 Å². The highest BCUT2D eigenvalue weighted by Gasteiger charge is 2.17. The minimum Gasteiger partial charge on any atom is -0.316 e. The van der Waals surface area contributed by atoms with Crippen molar-refractivity contribution in [3.63, 3.8) is 0 Å². The normalized spacial score (nSPS) is 12.1. The fraction of sp³-hybridized carbons (Fsp3) is 0.833. The molecule has 84 valence electrons. The van der Waals surface area contributed by atoms with Crippen molar-refractivity contribution < 1.29 is 0 Å². The van der Waals surface area contributed by atoms with Crippen LogP contribution in [0, 0.1) is 5.41 Å².